The number of anilines is 1. The molecule has 4 rings (SSSR count). The van der Waals surface area contributed by atoms with Crippen LogP contribution in [0.15, 0.2) is 38.3 Å². The van der Waals surface area contributed by atoms with E-state index in [2.05, 4.69) is 14.9 Å². The molecule has 1 N–H and O–H groups in total. The molecule has 1 aromatic carbocycles. The number of hydrogen-bond donors (Lipinski definition) is 1. The number of nitrogens with zero attached hydrogens (tertiary/aromatic N) is 3. The van der Waals surface area contributed by atoms with E-state index in [-0.39, 0.29) is 21.9 Å². The molecule has 31 heavy (non-hydrogen) atoms. The number of carbonyl (C=O) groups is 1. The molecule has 3 aromatic rings. The molecule has 0 radical (unpaired) electrons. The van der Waals surface area contributed by atoms with Crippen molar-refractivity contribution in [3.05, 3.63) is 35.5 Å². The fourth-order valence-corrected chi connectivity index (χ4v) is 5.36. The Kier molecular flexibility index (Phi) is 5.83. The molecule has 12 heteroatoms. The quantitative estimate of drug-likeness (QED) is 0.566. The van der Waals surface area contributed by atoms with Gasteiger partial charge in [-0.25, -0.2) is 8.42 Å². The number of carbonyl (C=O) groups excluding carboxylic acids is 1. The number of benzene rings is 1. The monoisotopic (exact) mass is 464 g/mol. The van der Waals surface area contributed by atoms with E-state index in [1.54, 1.807) is 22.4 Å². The van der Waals surface area contributed by atoms with Crippen molar-refractivity contribution < 1.29 is 27.1 Å². The molecule has 1 aliphatic heterocycles. The summed E-state index contributed by atoms with van der Waals surface area (Å²) in [6, 6.07) is 6.13. The number of nitrogens with one attached hydrogen (secondary N) is 1. The smallest absolute Gasteiger partial charge is 0.311 e. The maximum atomic E-state index is 12.8. The summed E-state index contributed by atoms with van der Waals surface area (Å²) in [6.45, 7) is 1.33. The number of likely N-dealkylation sites (tertiary alicyclic amines) is 1. The number of rotatable bonds is 7. The minimum Gasteiger partial charge on any atom is -0.493 e. The van der Waals surface area contributed by atoms with Crippen LogP contribution in [0.25, 0.3) is 11.5 Å². The van der Waals surface area contributed by atoms with Crippen molar-refractivity contribution in [1.82, 2.24) is 15.1 Å². The first-order valence-electron chi connectivity index (χ1n) is 9.38. The third-order valence-electron chi connectivity index (χ3n) is 4.72. The van der Waals surface area contributed by atoms with E-state index < -0.39 is 10.0 Å². The Morgan fingerprint density at radius 1 is 1.13 bits per heavy atom. The van der Waals surface area contributed by atoms with Crippen LogP contribution in [0.2, 0.25) is 0 Å². The van der Waals surface area contributed by atoms with Gasteiger partial charge in [0.25, 0.3) is 10.0 Å². The number of aromatic nitrogens is 2. The van der Waals surface area contributed by atoms with Crippen LogP contribution in [0.5, 0.6) is 11.5 Å². The van der Waals surface area contributed by atoms with Gasteiger partial charge in [0.15, 0.2) is 11.5 Å². The van der Waals surface area contributed by atoms with Gasteiger partial charge < -0.3 is 18.8 Å². The van der Waals surface area contributed by atoms with Crippen LogP contribution in [-0.2, 0) is 10.0 Å². The molecule has 0 spiro atoms. The Bertz CT molecular complexity index is 1200. The largest absolute Gasteiger partial charge is 0.493 e. The van der Waals surface area contributed by atoms with Gasteiger partial charge in [-0.1, -0.05) is 0 Å². The third-order valence-corrected chi connectivity index (χ3v) is 7.55. The first-order valence-corrected chi connectivity index (χ1v) is 11.7. The number of methoxy groups -OCH3 is 2. The van der Waals surface area contributed by atoms with Crippen LogP contribution in [0.1, 0.15) is 23.5 Å². The molecule has 0 aliphatic carbocycles. The molecule has 0 bridgehead atoms. The van der Waals surface area contributed by atoms with Crippen molar-refractivity contribution in [1.29, 1.82) is 0 Å². The Balaban J connectivity index is 1.52. The summed E-state index contributed by atoms with van der Waals surface area (Å²) < 4.78 is 44.0. The Labute approximate surface area is 182 Å². The summed E-state index contributed by atoms with van der Waals surface area (Å²) in [4.78, 5) is 14.0. The fourth-order valence-electron chi connectivity index (χ4n) is 3.16. The third kappa shape index (κ3) is 4.35. The molecular weight excluding hydrogens is 444 g/mol. The topological polar surface area (TPSA) is 124 Å². The lowest BCUT2D eigenvalue weighted by Crippen LogP contribution is -2.27. The molecule has 2 aromatic heterocycles. The lowest BCUT2D eigenvalue weighted by Gasteiger charge is -2.11. The second-order valence-electron chi connectivity index (χ2n) is 6.74. The normalized spacial score (nSPS) is 13.9. The number of sulfonamides is 1. The lowest BCUT2D eigenvalue weighted by molar-refractivity contribution is 0.0754. The van der Waals surface area contributed by atoms with Crippen LogP contribution < -0.4 is 14.2 Å². The van der Waals surface area contributed by atoms with Crippen molar-refractivity contribution in [3.8, 4) is 23.0 Å². The van der Waals surface area contributed by atoms with E-state index in [0.29, 0.717) is 35.8 Å². The van der Waals surface area contributed by atoms with Crippen molar-refractivity contribution in [3.63, 3.8) is 0 Å². The van der Waals surface area contributed by atoms with Crippen molar-refractivity contribution in [2.75, 3.05) is 32.0 Å². The van der Waals surface area contributed by atoms with E-state index in [1.165, 1.54) is 26.4 Å². The standard InChI is InChI=1S/C19H20N4O6S2/c1-27-14-6-5-13(10-15(14)28-2)22-31(25,26)16-9-12(11-30-16)17-20-21-18(29-17)19(24)23-7-3-4-8-23/h5-6,9-11,22H,3-4,7-8H2,1-2H3. The van der Waals surface area contributed by atoms with Gasteiger partial charge in [0.05, 0.1) is 25.5 Å². The molecule has 0 atom stereocenters. The van der Waals surface area contributed by atoms with Gasteiger partial charge in [-0.3, -0.25) is 9.52 Å². The van der Waals surface area contributed by atoms with Crippen LogP contribution in [-0.4, -0.2) is 56.7 Å². The summed E-state index contributed by atoms with van der Waals surface area (Å²) in [5, 5.41) is 9.30. The maximum absolute atomic E-state index is 12.8. The predicted octanol–water partition coefficient (Wildman–Crippen LogP) is 2.85. The highest BCUT2D eigenvalue weighted by Gasteiger charge is 2.26. The van der Waals surface area contributed by atoms with Crippen molar-refractivity contribution in [2.45, 2.75) is 17.1 Å². The van der Waals surface area contributed by atoms with Crippen LogP contribution in [0, 0.1) is 0 Å². The average Bonchev–Trinajstić information content (AvgIpc) is 3.54. The van der Waals surface area contributed by atoms with Crippen molar-refractivity contribution in [2.24, 2.45) is 0 Å². The van der Waals surface area contributed by atoms with E-state index in [4.69, 9.17) is 13.9 Å². The van der Waals surface area contributed by atoms with E-state index in [0.717, 1.165) is 24.2 Å². The van der Waals surface area contributed by atoms with Crippen LogP contribution in [0.4, 0.5) is 5.69 Å². The van der Waals surface area contributed by atoms with Gasteiger partial charge in [0.1, 0.15) is 4.21 Å². The SMILES string of the molecule is COc1ccc(NS(=O)(=O)c2cc(-c3nnc(C(=O)N4CCCC4)o3)cs2)cc1OC. The Morgan fingerprint density at radius 3 is 2.58 bits per heavy atom. The minimum absolute atomic E-state index is 0.0582. The molecule has 1 saturated heterocycles. The summed E-state index contributed by atoms with van der Waals surface area (Å²) in [5.41, 5.74) is 0.745. The van der Waals surface area contributed by atoms with E-state index >= 15 is 0 Å². The van der Waals surface area contributed by atoms with Crippen LogP contribution >= 0.6 is 11.3 Å². The van der Waals surface area contributed by atoms with Gasteiger partial charge >= 0.3 is 11.8 Å². The lowest BCUT2D eigenvalue weighted by atomic mass is 10.3. The molecule has 164 valence electrons. The highest BCUT2D eigenvalue weighted by Crippen LogP contribution is 2.33. The number of amides is 1. The second kappa shape index (κ2) is 8.55. The zero-order valence-electron chi connectivity index (χ0n) is 16.8. The van der Waals surface area contributed by atoms with E-state index in [9.17, 15) is 13.2 Å². The summed E-state index contributed by atoms with van der Waals surface area (Å²) in [6.07, 6.45) is 1.90. The zero-order valence-corrected chi connectivity index (χ0v) is 18.5. The number of thiophene rings is 1. The van der Waals surface area contributed by atoms with Gasteiger partial charge in [-0.2, -0.15) is 0 Å². The number of ether oxygens (including phenoxy) is 2. The van der Waals surface area contributed by atoms with Crippen molar-refractivity contribution >= 4 is 33.0 Å². The molecular formula is C19H20N4O6S2. The first kappa shape index (κ1) is 21.1. The number of hydrogen-bond acceptors (Lipinski definition) is 9. The summed E-state index contributed by atoms with van der Waals surface area (Å²) >= 11 is 1.00. The van der Waals surface area contributed by atoms with Crippen LogP contribution in [0.3, 0.4) is 0 Å². The van der Waals surface area contributed by atoms with E-state index in [1.807, 2.05) is 0 Å². The minimum atomic E-state index is -3.86. The summed E-state index contributed by atoms with van der Waals surface area (Å²) in [7, 11) is -0.897. The van der Waals surface area contributed by atoms with Gasteiger partial charge in [-0.15, -0.1) is 21.5 Å². The molecule has 1 fully saturated rings. The molecule has 1 amide bonds. The molecule has 10 nitrogen and oxygen atoms in total. The Hall–Kier alpha value is -3.12. The van der Waals surface area contributed by atoms with Gasteiger partial charge in [0, 0.05) is 24.5 Å². The first-order chi connectivity index (χ1) is 14.9. The molecule has 3 heterocycles. The molecule has 0 saturated carbocycles. The second-order valence-corrected chi connectivity index (χ2v) is 9.56. The summed E-state index contributed by atoms with van der Waals surface area (Å²) in [5.74, 6) is 0.562. The van der Waals surface area contributed by atoms with Gasteiger partial charge in [0.2, 0.25) is 5.89 Å². The highest BCUT2D eigenvalue weighted by molar-refractivity contribution is 7.94. The molecule has 1 aliphatic rings. The van der Waals surface area contributed by atoms with Gasteiger partial charge in [-0.05, 0) is 31.0 Å². The average molecular weight is 465 g/mol. The highest BCUT2D eigenvalue weighted by atomic mass is 32.2. The fraction of sp³-hybridized carbons (Fsp3) is 0.316. The Morgan fingerprint density at radius 2 is 1.87 bits per heavy atom. The molecule has 0 unspecified atom stereocenters. The zero-order chi connectivity index (χ0) is 22.0. The maximum Gasteiger partial charge on any atom is 0.311 e. The predicted molar refractivity (Wildman–Crippen MR) is 113 cm³/mol.